The standard InChI is InChI=1S/C25H26N2O5S/c1-18-9-8-12-22(19(18)2)27(33(29,30)21-10-4-3-5-11-21)16-25(28)26-15-20-17-31-23-13-6-7-14-24(23)32-20/h3-14,20H,15-17H2,1-2H3,(H,26,28)/t20-/m1/s1. The number of rotatable bonds is 7. The second-order valence-electron chi connectivity index (χ2n) is 7.85. The van der Waals surface area contributed by atoms with Gasteiger partial charge in [0.2, 0.25) is 5.91 Å². The number of hydrogen-bond donors (Lipinski definition) is 1. The number of aryl methyl sites for hydroxylation is 1. The lowest BCUT2D eigenvalue weighted by Crippen LogP contribution is -2.45. The van der Waals surface area contributed by atoms with Gasteiger partial charge >= 0.3 is 0 Å². The molecule has 0 aromatic heterocycles. The number of ether oxygens (including phenoxy) is 2. The van der Waals surface area contributed by atoms with E-state index in [1.807, 2.05) is 38.1 Å². The van der Waals surface area contributed by atoms with E-state index in [4.69, 9.17) is 9.47 Å². The number of sulfonamides is 1. The van der Waals surface area contributed by atoms with Crippen molar-refractivity contribution < 1.29 is 22.7 Å². The van der Waals surface area contributed by atoms with Crippen LogP contribution < -0.4 is 19.1 Å². The lowest BCUT2D eigenvalue weighted by Gasteiger charge is -2.28. The molecule has 0 bridgehead atoms. The molecule has 0 fully saturated rings. The molecule has 0 aliphatic carbocycles. The molecule has 0 saturated carbocycles. The monoisotopic (exact) mass is 466 g/mol. The van der Waals surface area contributed by atoms with Gasteiger partial charge in [-0.25, -0.2) is 8.42 Å². The predicted octanol–water partition coefficient (Wildman–Crippen LogP) is 3.45. The zero-order chi connectivity index (χ0) is 23.4. The number of fused-ring (bicyclic) bond motifs is 1. The normalized spacial score (nSPS) is 15.0. The minimum Gasteiger partial charge on any atom is -0.486 e. The molecule has 0 saturated heterocycles. The van der Waals surface area contributed by atoms with Crippen LogP contribution in [0.25, 0.3) is 0 Å². The maximum absolute atomic E-state index is 13.5. The van der Waals surface area contributed by atoms with Gasteiger partial charge in [-0.3, -0.25) is 9.10 Å². The number of carbonyl (C=O) groups excluding carboxylic acids is 1. The fourth-order valence-electron chi connectivity index (χ4n) is 3.60. The van der Waals surface area contributed by atoms with Crippen LogP contribution in [0.1, 0.15) is 11.1 Å². The number of anilines is 1. The van der Waals surface area contributed by atoms with Crippen LogP contribution in [-0.4, -0.2) is 40.1 Å². The van der Waals surface area contributed by atoms with E-state index >= 15 is 0 Å². The van der Waals surface area contributed by atoms with Crippen molar-refractivity contribution in [3.63, 3.8) is 0 Å². The molecule has 3 aromatic carbocycles. The maximum Gasteiger partial charge on any atom is 0.264 e. The molecule has 0 unspecified atom stereocenters. The molecule has 0 radical (unpaired) electrons. The molecule has 1 aliphatic heterocycles. The summed E-state index contributed by atoms with van der Waals surface area (Å²) in [7, 11) is -3.96. The molecule has 8 heteroatoms. The quantitative estimate of drug-likeness (QED) is 0.577. The van der Waals surface area contributed by atoms with E-state index in [1.165, 1.54) is 12.1 Å². The van der Waals surface area contributed by atoms with Crippen LogP contribution >= 0.6 is 0 Å². The van der Waals surface area contributed by atoms with Crippen molar-refractivity contribution in [2.24, 2.45) is 0 Å². The lowest BCUT2D eigenvalue weighted by molar-refractivity contribution is -0.120. The van der Waals surface area contributed by atoms with Gasteiger partial charge in [0.1, 0.15) is 19.3 Å². The van der Waals surface area contributed by atoms with Gasteiger partial charge in [-0.05, 0) is 55.3 Å². The molecule has 0 spiro atoms. The molecule has 1 atom stereocenters. The summed E-state index contributed by atoms with van der Waals surface area (Å²) in [5.74, 6) is 0.847. The molecule has 7 nitrogen and oxygen atoms in total. The first-order chi connectivity index (χ1) is 15.9. The lowest BCUT2D eigenvalue weighted by atomic mass is 10.1. The highest BCUT2D eigenvalue weighted by Crippen LogP contribution is 2.31. The van der Waals surface area contributed by atoms with E-state index in [1.54, 1.807) is 36.4 Å². The Labute approximate surface area is 194 Å². The van der Waals surface area contributed by atoms with Crippen LogP contribution in [0.4, 0.5) is 5.69 Å². The predicted molar refractivity (Wildman–Crippen MR) is 126 cm³/mol. The summed E-state index contributed by atoms with van der Waals surface area (Å²) in [5.41, 5.74) is 2.21. The summed E-state index contributed by atoms with van der Waals surface area (Å²) in [6.07, 6.45) is -0.372. The summed E-state index contributed by atoms with van der Waals surface area (Å²) in [5, 5.41) is 2.79. The van der Waals surface area contributed by atoms with Gasteiger partial charge < -0.3 is 14.8 Å². The first-order valence-electron chi connectivity index (χ1n) is 10.7. The number of amides is 1. The van der Waals surface area contributed by atoms with E-state index < -0.39 is 15.9 Å². The molecular formula is C25H26N2O5S. The van der Waals surface area contributed by atoms with Crippen molar-refractivity contribution in [1.82, 2.24) is 5.32 Å². The number of hydrogen-bond acceptors (Lipinski definition) is 5. The third-order valence-electron chi connectivity index (χ3n) is 5.56. The van der Waals surface area contributed by atoms with Crippen LogP contribution in [-0.2, 0) is 14.8 Å². The summed E-state index contributed by atoms with van der Waals surface area (Å²) in [6.45, 7) is 3.89. The van der Waals surface area contributed by atoms with Crippen LogP contribution in [0.3, 0.4) is 0 Å². The molecule has 3 aromatic rings. The fraction of sp³-hybridized carbons (Fsp3) is 0.240. The first kappa shape index (κ1) is 22.7. The minimum absolute atomic E-state index is 0.124. The Morgan fingerprint density at radius 1 is 0.970 bits per heavy atom. The Kier molecular flexibility index (Phi) is 6.55. The number of benzene rings is 3. The van der Waals surface area contributed by atoms with Gasteiger partial charge in [0.15, 0.2) is 11.5 Å². The van der Waals surface area contributed by atoms with Crippen molar-refractivity contribution in [3.8, 4) is 11.5 Å². The highest BCUT2D eigenvalue weighted by atomic mass is 32.2. The molecule has 1 N–H and O–H groups in total. The Morgan fingerprint density at radius 3 is 2.42 bits per heavy atom. The third-order valence-corrected chi connectivity index (χ3v) is 7.33. The summed E-state index contributed by atoms with van der Waals surface area (Å²) >= 11 is 0. The first-order valence-corrected chi connectivity index (χ1v) is 12.1. The van der Waals surface area contributed by atoms with Gasteiger partial charge in [0.05, 0.1) is 17.1 Å². The van der Waals surface area contributed by atoms with Gasteiger partial charge in [0, 0.05) is 0 Å². The maximum atomic E-state index is 13.5. The Balaban J connectivity index is 1.52. The van der Waals surface area contributed by atoms with E-state index in [9.17, 15) is 13.2 Å². The van der Waals surface area contributed by atoms with Gasteiger partial charge in [-0.2, -0.15) is 0 Å². The minimum atomic E-state index is -3.96. The Bertz CT molecular complexity index is 1240. The Hall–Kier alpha value is -3.52. The second-order valence-corrected chi connectivity index (χ2v) is 9.71. The SMILES string of the molecule is Cc1cccc(N(CC(=O)NC[C@@H]2COc3ccccc3O2)S(=O)(=O)c2ccccc2)c1C. The molecular weight excluding hydrogens is 440 g/mol. The van der Waals surface area contributed by atoms with Gasteiger partial charge in [-0.15, -0.1) is 0 Å². The van der Waals surface area contributed by atoms with Crippen LogP contribution in [0.15, 0.2) is 77.7 Å². The number of nitrogens with one attached hydrogen (secondary N) is 1. The highest BCUT2D eigenvalue weighted by Gasteiger charge is 2.29. The van der Waals surface area contributed by atoms with Crippen LogP contribution in [0.2, 0.25) is 0 Å². The average molecular weight is 467 g/mol. The van der Waals surface area contributed by atoms with E-state index in [0.29, 0.717) is 23.8 Å². The van der Waals surface area contributed by atoms with Crippen LogP contribution in [0.5, 0.6) is 11.5 Å². The molecule has 1 heterocycles. The average Bonchev–Trinajstić information content (AvgIpc) is 2.83. The van der Waals surface area contributed by atoms with Crippen LogP contribution in [0, 0.1) is 13.8 Å². The third kappa shape index (κ3) is 4.96. The van der Waals surface area contributed by atoms with Crippen molar-refractivity contribution in [1.29, 1.82) is 0 Å². The summed E-state index contributed by atoms with van der Waals surface area (Å²) < 4.78 is 39.7. The van der Waals surface area contributed by atoms with E-state index in [0.717, 1.165) is 15.4 Å². The Morgan fingerprint density at radius 2 is 1.67 bits per heavy atom. The zero-order valence-electron chi connectivity index (χ0n) is 18.5. The largest absolute Gasteiger partial charge is 0.486 e. The van der Waals surface area contributed by atoms with Crippen molar-refractivity contribution in [2.75, 3.05) is 24.0 Å². The number of nitrogens with zero attached hydrogens (tertiary/aromatic N) is 1. The van der Waals surface area contributed by atoms with E-state index in [2.05, 4.69) is 5.32 Å². The molecule has 172 valence electrons. The van der Waals surface area contributed by atoms with Crippen molar-refractivity contribution >= 4 is 21.6 Å². The molecule has 4 rings (SSSR count). The van der Waals surface area contributed by atoms with E-state index in [-0.39, 0.29) is 24.1 Å². The van der Waals surface area contributed by atoms with Crippen molar-refractivity contribution in [2.45, 2.75) is 24.8 Å². The zero-order valence-corrected chi connectivity index (χ0v) is 19.3. The second kappa shape index (κ2) is 9.54. The molecule has 1 aliphatic rings. The van der Waals surface area contributed by atoms with Crippen molar-refractivity contribution in [3.05, 3.63) is 83.9 Å². The highest BCUT2D eigenvalue weighted by molar-refractivity contribution is 7.92. The topological polar surface area (TPSA) is 84.9 Å². The molecule has 33 heavy (non-hydrogen) atoms. The summed E-state index contributed by atoms with van der Waals surface area (Å²) in [4.78, 5) is 13.0. The van der Waals surface area contributed by atoms with Gasteiger partial charge in [0.25, 0.3) is 10.0 Å². The fourth-order valence-corrected chi connectivity index (χ4v) is 5.10. The smallest absolute Gasteiger partial charge is 0.264 e. The van der Waals surface area contributed by atoms with Gasteiger partial charge in [-0.1, -0.05) is 42.5 Å². The molecule has 1 amide bonds. The summed E-state index contributed by atoms with van der Waals surface area (Å²) in [6, 6.07) is 20.9. The number of carbonyl (C=O) groups is 1. The number of para-hydroxylation sites is 2.